The minimum atomic E-state index is -0.476. The third-order valence-corrected chi connectivity index (χ3v) is 4.86. The minimum Gasteiger partial charge on any atom is -0.508 e. The Labute approximate surface area is 153 Å². The third kappa shape index (κ3) is 3.84. The molecule has 0 atom stereocenters. The summed E-state index contributed by atoms with van der Waals surface area (Å²) in [5, 5.41) is 20.9. The molecule has 0 bridgehead atoms. The number of aromatic hydroxyl groups is 1. The van der Waals surface area contributed by atoms with Gasteiger partial charge in [-0.05, 0) is 42.8 Å². The number of ketones is 1. The van der Waals surface area contributed by atoms with Gasteiger partial charge in [0.2, 0.25) is 0 Å². The highest BCUT2D eigenvalue weighted by molar-refractivity contribution is 7.17. The first-order chi connectivity index (χ1) is 12.4. The van der Waals surface area contributed by atoms with Crippen molar-refractivity contribution >= 4 is 28.9 Å². The third-order valence-electron chi connectivity index (χ3n) is 3.64. The van der Waals surface area contributed by atoms with Crippen LogP contribution in [0.25, 0.3) is 16.6 Å². The molecule has 0 saturated heterocycles. The number of thiazole rings is 1. The highest BCUT2D eigenvalue weighted by Crippen LogP contribution is 2.29. The average Bonchev–Trinajstić information content (AvgIpc) is 3.02. The molecule has 1 heterocycles. The molecule has 3 aromatic rings. The van der Waals surface area contributed by atoms with Crippen LogP contribution in [0, 0.1) is 17.0 Å². The van der Waals surface area contributed by atoms with Gasteiger partial charge >= 0.3 is 0 Å². The molecule has 0 aliphatic heterocycles. The van der Waals surface area contributed by atoms with Crippen LogP contribution in [0.15, 0.2) is 54.6 Å². The van der Waals surface area contributed by atoms with Crippen LogP contribution < -0.4 is 0 Å². The summed E-state index contributed by atoms with van der Waals surface area (Å²) >= 11 is 1.27. The van der Waals surface area contributed by atoms with E-state index in [1.165, 1.54) is 29.5 Å². The van der Waals surface area contributed by atoms with Crippen molar-refractivity contribution in [1.82, 2.24) is 4.98 Å². The van der Waals surface area contributed by atoms with Gasteiger partial charge in [-0.1, -0.05) is 18.2 Å². The van der Waals surface area contributed by atoms with Gasteiger partial charge in [0, 0.05) is 17.7 Å². The number of rotatable bonds is 5. The molecular formula is C19H14N2O4S. The Morgan fingerprint density at radius 1 is 1.23 bits per heavy atom. The topological polar surface area (TPSA) is 93.3 Å². The van der Waals surface area contributed by atoms with Crippen LogP contribution in [0.1, 0.15) is 20.9 Å². The van der Waals surface area contributed by atoms with Crippen LogP contribution in [0.3, 0.4) is 0 Å². The van der Waals surface area contributed by atoms with E-state index >= 15 is 0 Å². The van der Waals surface area contributed by atoms with Crippen molar-refractivity contribution < 1.29 is 14.8 Å². The molecule has 130 valence electrons. The Hall–Kier alpha value is -3.32. The second-order valence-corrected chi connectivity index (χ2v) is 6.53. The Morgan fingerprint density at radius 2 is 1.96 bits per heavy atom. The number of carbonyl (C=O) groups is 1. The zero-order valence-electron chi connectivity index (χ0n) is 13.7. The minimum absolute atomic E-state index is 0.0248. The van der Waals surface area contributed by atoms with Crippen LogP contribution in [-0.2, 0) is 0 Å². The first-order valence-corrected chi connectivity index (χ1v) is 8.49. The van der Waals surface area contributed by atoms with Gasteiger partial charge < -0.3 is 5.11 Å². The zero-order chi connectivity index (χ0) is 18.7. The first-order valence-electron chi connectivity index (χ1n) is 7.68. The van der Waals surface area contributed by atoms with Gasteiger partial charge in [0.15, 0.2) is 5.78 Å². The molecule has 0 radical (unpaired) electrons. The highest BCUT2D eigenvalue weighted by atomic mass is 32.1. The molecule has 0 spiro atoms. The van der Waals surface area contributed by atoms with Crippen LogP contribution in [0.2, 0.25) is 0 Å². The summed E-state index contributed by atoms with van der Waals surface area (Å²) in [4.78, 5) is 27.7. The second-order valence-electron chi connectivity index (χ2n) is 5.53. The van der Waals surface area contributed by atoms with Crippen LogP contribution in [0.4, 0.5) is 5.69 Å². The van der Waals surface area contributed by atoms with E-state index in [0.717, 1.165) is 5.56 Å². The van der Waals surface area contributed by atoms with Crippen LogP contribution in [-0.4, -0.2) is 20.8 Å². The number of nitro groups is 1. The number of allylic oxidation sites excluding steroid dienone is 1. The second kappa shape index (κ2) is 7.28. The number of hydrogen-bond donors (Lipinski definition) is 1. The Kier molecular flexibility index (Phi) is 4.90. The molecule has 0 unspecified atom stereocenters. The lowest BCUT2D eigenvalue weighted by atomic mass is 10.1. The summed E-state index contributed by atoms with van der Waals surface area (Å²) in [6.45, 7) is 1.76. The standard InChI is InChI=1S/C19H14N2O4S/c1-12-18(26-19(20-12)14-6-8-16(22)9-7-14)17(23)10-5-13-3-2-4-15(11-13)21(24)25/h2-11,22H,1H3/b10-5+. The molecule has 0 aliphatic carbocycles. The van der Waals surface area contributed by atoms with Gasteiger partial charge in [-0.15, -0.1) is 11.3 Å². The van der Waals surface area contributed by atoms with E-state index in [4.69, 9.17) is 0 Å². The summed E-state index contributed by atoms with van der Waals surface area (Å²) in [7, 11) is 0. The molecule has 3 rings (SSSR count). The van der Waals surface area contributed by atoms with Crippen molar-refractivity contribution in [1.29, 1.82) is 0 Å². The fourth-order valence-corrected chi connectivity index (χ4v) is 3.33. The lowest BCUT2D eigenvalue weighted by molar-refractivity contribution is -0.384. The monoisotopic (exact) mass is 366 g/mol. The van der Waals surface area contributed by atoms with Gasteiger partial charge in [0.05, 0.1) is 15.5 Å². The van der Waals surface area contributed by atoms with Crippen molar-refractivity contribution in [2.24, 2.45) is 0 Å². The number of aromatic nitrogens is 1. The number of hydrogen-bond acceptors (Lipinski definition) is 6. The van der Waals surface area contributed by atoms with Crippen LogP contribution >= 0.6 is 11.3 Å². The molecule has 0 saturated carbocycles. The van der Waals surface area contributed by atoms with E-state index in [1.54, 1.807) is 49.4 Å². The van der Waals surface area contributed by atoms with E-state index in [1.807, 2.05) is 0 Å². The Morgan fingerprint density at radius 3 is 2.65 bits per heavy atom. The number of benzene rings is 2. The van der Waals surface area contributed by atoms with Crippen molar-refractivity contribution in [3.05, 3.63) is 80.9 Å². The van der Waals surface area contributed by atoms with E-state index in [0.29, 0.717) is 21.1 Å². The largest absolute Gasteiger partial charge is 0.508 e. The normalized spacial score (nSPS) is 11.0. The number of phenols is 1. The summed E-state index contributed by atoms with van der Waals surface area (Å²) in [5.74, 6) is -0.0465. The van der Waals surface area contributed by atoms with Crippen molar-refractivity contribution in [3.8, 4) is 16.3 Å². The maximum Gasteiger partial charge on any atom is 0.270 e. The quantitative estimate of drug-likeness (QED) is 0.307. The molecule has 26 heavy (non-hydrogen) atoms. The lowest BCUT2D eigenvalue weighted by Crippen LogP contribution is -1.93. The van der Waals surface area contributed by atoms with Crippen molar-refractivity contribution in [2.45, 2.75) is 6.92 Å². The van der Waals surface area contributed by atoms with E-state index in [-0.39, 0.29) is 17.2 Å². The fourth-order valence-electron chi connectivity index (χ4n) is 2.34. The Balaban J connectivity index is 1.83. The van der Waals surface area contributed by atoms with Gasteiger partial charge in [-0.2, -0.15) is 0 Å². The maximum atomic E-state index is 12.5. The van der Waals surface area contributed by atoms with E-state index in [2.05, 4.69) is 4.98 Å². The molecule has 6 nitrogen and oxygen atoms in total. The van der Waals surface area contributed by atoms with Crippen molar-refractivity contribution in [3.63, 3.8) is 0 Å². The summed E-state index contributed by atoms with van der Waals surface area (Å²) in [6.07, 6.45) is 2.94. The zero-order valence-corrected chi connectivity index (χ0v) is 14.6. The summed E-state index contributed by atoms with van der Waals surface area (Å²) in [6, 6.07) is 12.7. The van der Waals surface area contributed by atoms with Gasteiger partial charge in [-0.25, -0.2) is 4.98 Å². The molecule has 7 heteroatoms. The Bertz CT molecular complexity index is 1010. The summed E-state index contributed by atoms with van der Waals surface area (Å²) < 4.78 is 0. The molecule has 2 aromatic carbocycles. The van der Waals surface area contributed by atoms with Gasteiger partial charge in [0.25, 0.3) is 5.69 Å². The molecule has 1 N–H and O–H groups in total. The molecule has 0 aliphatic rings. The van der Waals surface area contributed by atoms with Gasteiger partial charge in [-0.3, -0.25) is 14.9 Å². The smallest absolute Gasteiger partial charge is 0.270 e. The van der Waals surface area contributed by atoms with E-state index < -0.39 is 4.92 Å². The predicted octanol–water partition coefficient (Wildman–Crippen LogP) is 4.63. The average molecular weight is 366 g/mol. The van der Waals surface area contributed by atoms with Crippen LogP contribution in [0.5, 0.6) is 5.75 Å². The molecule has 0 fully saturated rings. The fraction of sp³-hybridized carbons (Fsp3) is 0.0526. The highest BCUT2D eigenvalue weighted by Gasteiger charge is 2.14. The molecule has 1 aromatic heterocycles. The van der Waals surface area contributed by atoms with Crippen molar-refractivity contribution in [2.75, 3.05) is 0 Å². The lowest BCUT2D eigenvalue weighted by Gasteiger charge is -1.95. The summed E-state index contributed by atoms with van der Waals surface area (Å²) in [5.41, 5.74) is 1.99. The predicted molar refractivity (Wildman–Crippen MR) is 100 cm³/mol. The number of nitrogens with zero attached hydrogens (tertiary/aromatic N) is 2. The van der Waals surface area contributed by atoms with Gasteiger partial charge in [0.1, 0.15) is 10.8 Å². The van der Waals surface area contributed by atoms with E-state index in [9.17, 15) is 20.0 Å². The maximum absolute atomic E-state index is 12.5. The number of nitro benzene ring substituents is 1. The molecule has 0 amide bonds. The number of phenolic OH excluding ortho intramolecular Hbond substituents is 1. The number of non-ortho nitro benzene ring substituents is 1. The first kappa shape index (κ1) is 17.5. The molecular weight excluding hydrogens is 352 g/mol. The number of aryl methyl sites for hydroxylation is 1. The SMILES string of the molecule is Cc1nc(-c2ccc(O)cc2)sc1C(=O)/C=C/c1cccc([N+](=O)[O-])c1. The number of carbonyl (C=O) groups excluding carboxylic acids is 1.